The fourth-order valence-electron chi connectivity index (χ4n) is 2.55. The second-order valence-electron chi connectivity index (χ2n) is 5.85. The summed E-state index contributed by atoms with van der Waals surface area (Å²) in [5.74, 6) is 0.304. The lowest BCUT2D eigenvalue weighted by atomic mass is 9.90. The van der Waals surface area contributed by atoms with Crippen molar-refractivity contribution < 1.29 is 9.84 Å². The molecule has 1 aliphatic rings. The van der Waals surface area contributed by atoms with Crippen molar-refractivity contribution in [3.05, 3.63) is 57.4 Å². The van der Waals surface area contributed by atoms with Crippen molar-refractivity contribution in [2.75, 3.05) is 0 Å². The molecule has 0 saturated heterocycles. The van der Waals surface area contributed by atoms with Crippen LogP contribution < -0.4 is 10.3 Å². The smallest absolute Gasteiger partial charge is 0.271 e. The number of fused-ring (bicyclic) bond motifs is 1. The van der Waals surface area contributed by atoms with Crippen LogP contribution in [0.3, 0.4) is 0 Å². The van der Waals surface area contributed by atoms with Gasteiger partial charge in [0, 0.05) is 17.7 Å². The molecule has 0 atom stereocenters. The summed E-state index contributed by atoms with van der Waals surface area (Å²) in [6, 6.07) is 9.58. The molecule has 6 heteroatoms. The molecule has 1 aromatic heterocycles. The highest BCUT2D eigenvalue weighted by Crippen LogP contribution is 2.41. The highest BCUT2D eigenvalue weighted by molar-refractivity contribution is 5.76. The molecular formula is C17H15N3O3. The molecule has 0 unspecified atom stereocenters. The summed E-state index contributed by atoms with van der Waals surface area (Å²) < 4.78 is 7.13. The minimum absolute atomic E-state index is 0.257. The Kier molecular flexibility index (Phi) is 3.22. The largest absolute Gasteiger partial charge is 0.492 e. The molecule has 0 radical (unpaired) electrons. The van der Waals surface area contributed by atoms with E-state index in [2.05, 4.69) is 11.2 Å². The van der Waals surface area contributed by atoms with E-state index in [1.165, 1.54) is 12.1 Å². The van der Waals surface area contributed by atoms with Gasteiger partial charge in [-0.3, -0.25) is 4.79 Å². The Morgan fingerprint density at radius 2 is 2.04 bits per heavy atom. The van der Waals surface area contributed by atoms with E-state index in [1.807, 2.05) is 20.8 Å². The third-order valence-corrected chi connectivity index (χ3v) is 3.99. The fourth-order valence-corrected chi connectivity index (χ4v) is 2.55. The van der Waals surface area contributed by atoms with Crippen LogP contribution in [0.4, 0.5) is 0 Å². The maximum absolute atomic E-state index is 12.2. The highest BCUT2D eigenvalue weighted by atomic mass is 16.5. The monoisotopic (exact) mass is 309 g/mol. The van der Waals surface area contributed by atoms with Gasteiger partial charge in [0.25, 0.3) is 5.56 Å². The third-order valence-electron chi connectivity index (χ3n) is 3.99. The second kappa shape index (κ2) is 4.99. The van der Waals surface area contributed by atoms with Crippen LogP contribution in [0.15, 0.2) is 40.7 Å². The van der Waals surface area contributed by atoms with Gasteiger partial charge in [-0.05, 0) is 44.5 Å². The number of nitrogens with zero attached hydrogens (tertiary/aromatic N) is 3. The van der Waals surface area contributed by atoms with Crippen molar-refractivity contribution in [2.45, 2.75) is 26.4 Å². The molecule has 116 valence electrons. The Hall–Kier alpha value is -3.07. The van der Waals surface area contributed by atoms with Gasteiger partial charge in [-0.25, -0.2) is 0 Å². The van der Waals surface area contributed by atoms with Gasteiger partial charge in [0.15, 0.2) is 0 Å². The van der Waals surface area contributed by atoms with Crippen molar-refractivity contribution in [3.8, 4) is 17.7 Å². The molecule has 6 nitrogen and oxygen atoms in total. The van der Waals surface area contributed by atoms with Gasteiger partial charge in [-0.2, -0.15) is 9.94 Å². The van der Waals surface area contributed by atoms with E-state index in [4.69, 9.17) is 10.00 Å². The van der Waals surface area contributed by atoms with Crippen LogP contribution in [0, 0.1) is 11.3 Å². The Balaban J connectivity index is 2.38. The van der Waals surface area contributed by atoms with Crippen LogP contribution in [0.25, 0.3) is 5.70 Å². The van der Waals surface area contributed by atoms with E-state index in [1.54, 1.807) is 18.2 Å². The van der Waals surface area contributed by atoms with Gasteiger partial charge in [-0.1, -0.05) is 0 Å². The van der Waals surface area contributed by atoms with Gasteiger partial charge in [-0.15, -0.1) is 5.10 Å². The summed E-state index contributed by atoms with van der Waals surface area (Å²) in [5, 5.41) is 22.7. The van der Waals surface area contributed by atoms with E-state index in [0.717, 1.165) is 10.3 Å². The first-order valence-corrected chi connectivity index (χ1v) is 7.08. The first kappa shape index (κ1) is 14.9. The zero-order valence-electron chi connectivity index (χ0n) is 13.0. The molecule has 0 amide bonds. The van der Waals surface area contributed by atoms with Crippen LogP contribution in [-0.2, 0) is 0 Å². The predicted molar refractivity (Wildman–Crippen MR) is 84.0 cm³/mol. The average molecular weight is 309 g/mol. The summed E-state index contributed by atoms with van der Waals surface area (Å²) >= 11 is 0. The summed E-state index contributed by atoms with van der Waals surface area (Å²) in [4.78, 5) is 12.2. The lowest BCUT2D eigenvalue weighted by molar-refractivity contribution is 0.143. The Morgan fingerprint density at radius 1 is 1.30 bits per heavy atom. The molecule has 0 fully saturated rings. The van der Waals surface area contributed by atoms with Crippen molar-refractivity contribution in [1.82, 2.24) is 9.78 Å². The summed E-state index contributed by atoms with van der Waals surface area (Å²) in [6.07, 6.45) is 0. The second-order valence-corrected chi connectivity index (χ2v) is 5.85. The molecule has 2 aromatic rings. The molecular weight excluding hydrogens is 294 g/mol. The Labute approximate surface area is 132 Å². The Bertz CT molecular complexity index is 933. The number of ether oxygens (including phenoxy) is 1. The molecule has 0 aliphatic carbocycles. The van der Waals surface area contributed by atoms with Crippen LogP contribution in [0.1, 0.15) is 31.9 Å². The molecule has 0 saturated carbocycles. The van der Waals surface area contributed by atoms with Crippen LogP contribution in [0.2, 0.25) is 0 Å². The maximum atomic E-state index is 12.2. The molecule has 2 heterocycles. The minimum atomic E-state index is -0.650. The molecule has 1 aliphatic heterocycles. The zero-order valence-corrected chi connectivity index (χ0v) is 13.0. The van der Waals surface area contributed by atoms with E-state index >= 15 is 0 Å². The van der Waals surface area contributed by atoms with Crippen molar-refractivity contribution in [1.29, 1.82) is 5.26 Å². The van der Waals surface area contributed by atoms with E-state index in [9.17, 15) is 9.90 Å². The van der Waals surface area contributed by atoms with Crippen LogP contribution in [-0.4, -0.2) is 20.5 Å². The summed E-state index contributed by atoms with van der Waals surface area (Å²) in [6.45, 7) is 5.62. The first-order valence-electron chi connectivity index (χ1n) is 7.08. The first-order chi connectivity index (χ1) is 10.8. The van der Waals surface area contributed by atoms with Crippen molar-refractivity contribution in [2.24, 2.45) is 0 Å². The predicted octanol–water partition coefficient (Wildman–Crippen LogP) is 2.27. The van der Waals surface area contributed by atoms with Gasteiger partial charge >= 0.3 is 0 Å². The zero-order chi connectivity index (χ0) is 16.8. The van der Waals surface area contributed by atoms with E-state index < -0.39 is 5.60 Å². The molecule has 3 rings (SSSR count). The number of aromatic hydroxyl groups is 1. The SMILES string of the molecule is CC1=C(n2nc(O)ccc2=O)c2cc(C#N)ccc2OC1(C)C. The van der Waals surface area contributed by atoms with Gasteiger partial charge < -0.3 is 9.84 Å². The van der Waals surface area contributed by atoms with Crippen LogP contribution in [0.5, 0.6) is 11.6 Å². The highest BCUT2D eigenvalue weighted by Gasteiger charge is 2.34. The van der Waals surface area contributed by atoms with E-state index in [-0.39, 0.29) is 11.4 Å². The van der Waals surface area contributed by atoms with Crippen LogP contribution >= 0.6 is 0 Å². The van der Waals surface area contributed by atoms with Gasteiger partial charge in [0.2, 0.25) is 5.88 Å². The Morgan fingerprint density at radius 3 is 2.74 bits per heavy atom. The third kappa shape index (κ3) is 2.36. The molecule has 1 N–H and O–H groups in total. The standard InChI is InChI=1S/C17H15N3O3/c1-10-16(20-15(22)7-6-14(21)19-20)12-8-11(9-18)4-5-13(12)23-17(10,2)3/h4-8H,1-3H3,(H,19,21). The molecule has 0 spiro atoms. The minimum Gasteiger partial charge on any atom is -0.492 e. The lowest BCUT2D eigenvalue weighted by Gasteiger charge is -2.35. The van der Waals surface area contributed by atoms with Gasteiger partial charge in [0.1, 0.15) is 11.4 Å². The fraction of sp³-hybridized carbons (Fsp3) is 0.235. The maximum Gasteiger partial charge on any atom is 0.271 e. The number of nitriles is 1. The molecule has 1 aromatic carbocycles. The molecule has 23 heavy (non-hydrogen) atoms. The lowest BCUT2D eigenvalue weighted by Crippen LogP contribution is -2.36. The number of aromatic nitrogens is 2. The number of hydrogen-bond acceptors (Lipinski definition) is 5. The van der Waals surface area contributed by atoms with E-state index in [0.29, 0.717) is 22.6 Å². The average Bonchev–Trinajstić information content (AvgIpc) is 2.51. The quantitative estimate of drug-likeness (QED) is 0.873. The van der Waals surface area contributed by atoms with Crippen molar-refractivity contribution >= 4 is 5.70 Å². The number of rotatable bonds is 1. The van der Waals surface area contributed by atoms with Crippen molar-refractivity contribution in [3.63, 3.8) is 0 Å². The number of hydrogen-bond donors (Lipinski definition) is 1. The normalized spacial score (nSPS) is 15.6. The molecule has 0 bridgehead atoms. The van der Waals surface area contributed by atoms with Gasteiger partial charge in [0.05, 0.1) is 17.3 Å². The summed E-state index contributed by atoms with van der Waals surface area (Å²) in [7, 11) is 0. The number of benzene rings is 1. The summed E-state index contributed by atoms with van der Waals surface area (Å²) in [5.41, 5.74) is 1.33. The topological polar surface area (TPSA) is 88.1 Å².